The van der Waals surface area contributed by atoms with Gasteiger partial charge in [0.25, 0.3) is 0 Å². The van der Waals surface area contributed by atoms with E-state index in [2.05, 4.69) is 10.1 Å². The number of nitrogens with one attached hydrogen (secondary N) is 1. The van der Waals surface area contributed by atoms with Crippen molar-refractivity contribution in [1.29, 1.82) is 0 Å². The summed E-state index contributed by atoms with van der Waals surface area (Å²) >= 11 is 0. The van der Waals surface area contributed by atoms with Crippen molar-refractivity contribution in [2.75, 3.05) is 0 Å². The average Bonchev–Trinajstić information content (AvgIpc) is 2.97. The summed E-state index contributed by atoms with van der Waals surface area (Å²) in [7, 11) is 0. The topological polar surface area (TPSA) is 55.0 Å². The monoisotopic (exact) mass is 278 g/mol. The highest BCUT2D eigenvalue weighted by Crippen LogP contribution is 2.09. The Morgan fingerprint density at radius 1 is 0.762 bits per heavy atom. The molecule has 4 rings (SSSR count). The molecule has 2 aromatic heterocycles. The van der Waals surface area contributed by atoms with Crippen molar-refractivity contribution in [2.24, 2.45) is 0 Å². The third kappa shape index (κ3) is 3.30. The molecule has 1 N–H and O–H groups in total. The Hall–Kier alpha value is -3.01. The van der Waals surface area contributed by atoms with Crippen LogP contribution in [0.4, 0.5) is 0 Å². The average molecular weight is 278 g/mol. The van der Waals surface area contributed by atoms with Crippen molar-refractivity contribution in [3.8, 4) is 0 Å². The van der Waals surface area contributed by atoms with Gasteiger partial charge in [0.05, 0.1) is 0 Å². The molecule has 0 bridgehead atoms. The first-order valence-electron chi connectivity index (χ1n) is 6.56. The molecule has 4 heteroatoms. The van der Waals surface area contributed by atoms with Gasteiger partial charge in [-0.1, -0.05) is 42.5 Å². The lowest BCUT2D eigenvalue weighted by atomic mass is 10.2. The number of para-hydroxylation sites is 3. The third-order valence-electron chi connectivity index (χ3n) is 2.88. The molecule has 0 atom stereocenters. The normalized spacial score (nSPS) is 9.90. The van der Waals surface area contributed by atoms with Gasteiger partial charge in [-0.15, -0.1) is 0 Å². The molecule has 0 fully saturated rings. The van der Waals surface area contributed by atoms with Crippen LogP contribution < -0.4 is 0 Å². The van der Waals surface area contributed by atoms with Gasteiger partial charge in [-0.3, -0.25) is 0 Å². The lowest BCUT2D eigenvalue weighted by molar-refractivity contribution is 0.444. The largest absolute Gasteiger partial charge is 0.443 e. The molecule has 0 saturated carbocycles. The molecule has 2 aromatic carbocycles. The van der Waals surface area contributed by atoms with Crippen LogP contribution in [0.25, 0.3) is 22.1 Å². The van der Waals surface area contributed by atoms with Gasteiger partial charge in [0, 0.05) is 11.6 Å². The Labute approximate surface area is 121 Å². The van der Waals surface area contributed by atoms with Gasteiger partial charge in [-0.05, 0) is 24.3 Å². The molecular weight excluding hydrogens is 264 g/mol. The van der Waals surface area contributed by atoms with Crippen LogP contribution in [0.1, 0.15) is 0 Å². The minimum absolute atomic E-state index is 0.845. The highest BCUT2D eigenvalue weighted by Gasteiger charge is 1.91. The molecule has 104 valence electrons. The Bertz CT molecular complexity index is 801. The van der Waals surface area contributed by atoms with Gasteiger partial charge >= 0.3 is 0 Å². The van der Waals surface area contributed by atoms with Crippen LogP contribution in [0, 0.1) is 0 Å². The Kier molecular flexibility index (Phi) is 3.98. The second kappa shape index (κ2) is 6.43. The van der Waals surface area contributed by atoms with Gasteiger partial charge in [-0.2, -0.15) is 0 Å². The predicted molar refractivity (Wildman–Crippen MR) is 82.2 cm³/mol. The smallest absolute Gasteiger partial charge is 0.181 e. The van der Waals surface area contributed by atoms with Crippen molar-refractivity contribution < 1.29 is 8.94 Å². The number of benzene rings is 2. The van der Waals surface area contributed by atoms with Crippen molar-refractivity contribution in [3.05, 3.63) is 79.3 Å². The first-order valence-corrected chi connectivity index (χ1v) is 6.56. The van der Waals surface area contributed by atoms with Crippen LogP contribution in [0.5, 0.6) is 0 Å². The summed E-state index contributed by atoms with van der Waals surface area (Å²) in [4.78, 5) is 3.95. The molecular formula is C17H14N2O2. The van der Waals surface area contributed by atoms with Crippen molar-refractivity contribution in [2.45, 2.75) is 0 Å². The molecule has 0 aliphatic rings. The van der Waals surface area contributed by atoms with Crippen molar-refractivity contribution in [3.63, 3.8) is 0 Å². The van der Waals surface area contributed by atoms with Crippen LogP contribution in [-0.4, -0.2) is 10.1 Å². The van der Waals surface area contributed by atoms with E-state index in [4.69, 9.17) is 8.94 Å². The van der Waals surface area contributed by atoms with Crippen molar-refractivity contribution >= 4 is 22.1 Å². The lowest BCUT2D eigenvalue weighted by Crippen LogP contribution is -1.69. The Morgan fingerprint density at radius 2 is 1.48 bits per heavy atom. The summed E-state index contributed by atoms with van der Waals surface area (Å²) in [5.74, 6) is 0. The van der Waals surface area contributed by atoms with Gasteiger partial charge in [-0.25, -0.2) is 10.1 Å². The first-order chi connectivity index (χ1) is 10.4. The molecule has 0 saturated heterocycles. The van der Waals surface area contributed by atoms with Crippen LogP contribution in [0.2, 0.25) is 0 Å². The van der Waals surface area contributed by atoms with E-state index in [-0.39, 0.29) is 0 Å². The number of rotatable bonds is 0. The zero-order valence-corrected chi connectivity index (χ0v) is 11.3. The van der Waals surface area contributed by atoms with Gasteiger partial charge in [0.1, 0.15) is 5.52 Å². The number of fused-ring (bicyclic) bond motifs is 2. The molecule has 0 aliphatic heterocycles. The summed E-state index contributed by atoms with van der Waals surface area (Å²) in [6.07, 6.45) is 3.19. The van der Waals surface area contributed by atoms with E-state index in [1.54, 1.807) is 6.20 Å². The van der Waals surface area contributed by atoms with E-state index in [0.717, 1.165) is 22.1 Å². The quantitative estimate of drug-likeness (QED) is 0.506. The zero-order valence-electron chi connectivity index (χ0n) is 11.3. The second-order valence-electron chi connectivity index (χ2n) is 4.30. The minimum atomic E-state index is 0.845. The Morgan fingerprint density at radius 3 is 2.33 bits per heavy atom. The fraction of sp³-hybridized carbons (Fsp3) is 0. The van der Waals surface area contributed by atoms with Crippen LogP contribution in [0.3, 0.4) is 0 Å². The Balaban J connectivity index is 0.000000131. The number of oxazole rings is 1. The fourth-order valence-corrected chi connectivity index (χ4v) is 1.87. The van der Waals surface area contributed by atoms with E-state index in [1.807, 2.05) is 66.7 Å². The molecule has 0 radical (unpaired) electrons. The van der Waals surface area contributed by atoms with Gasteiger partial charge in [0.15, 0.2) is 17.6 Å². The molecule has 21 heavy (non-hydrogen) atoms. The summed E-state index contributed by atoms with van der Waals surface area (Å²) in [5, 5.41) is 3.79. The molecule has 0 aliphatic carbocycles. The molecule has 0 unspecified atom stereocenters. The predicted octanol–water partition coefficient (Wildman–Crippen LogP) is 4.71. The molecule has 0 spiro atoms. The van der Waals surface area contributed by atoms with E-state index < -0.39 is 0 Å². The second-order valence-corrected chi connectivity index (χ2v) is 4.30. The number of hydrogen-bond acceptors (Lipinski definition) is 3. The number of H-pyrrole nitrogens is 1. The van der Waals surface area contributed by atoms with Crippen LogP contribution >= 0.6 is 0 Å². The number of nitrogens with zero attached hydrogens (tertiary/aromatic N) is 1. The molecule has 4 aromatic rings. The van der Waals surface area contributed by atoms with Gasteiger partial charge < -0.3 is 8.94 Å². The van der Waals surface area contributed by atoms with Crippen LogP contribution in [-0.2, 0) is 0 Å². The third-order valence-corrected chi connectivity index (χ3v) is 2.88. The number of aromatic nitrogens is 2. The number of aromatic amines is 1. The SMILES string of the molecule is c1ccc2ccccc2o[nH]c1.c1ccc2ocnc2c1. The molecule has 2 heterocycles. The number of hydrogen-bond donors (Lipinski definition) is 1. The van der Waals surface area contributed by atoms with E-state index in [0.29, 0.717) is 0 Å². The van der Waals surface area contributed by atoms with E-state index in [1.165, 1.54) is 6.39 Å². The zero-order chi connectivity index (χ0) is 14.3. The minimum Gasteiger partial charge on any atom is -0.443 e. The summed E-state index contributed by atoms with van der Waals surface area (Å²) in [5.41, 5.74) is 2.60. The summed E-state index contributed by atoms with van der Waals surface area (Å²) in [6, 6.07) is 21.4. The molecule has 4 nitrogen and oxygen atoms in total. The fourth-order valence-electron chi connectivity index (χ4n) is 1.87. The summed E-state index contributed by atoms with van der Waals surface area (Å²) in [6.45, 7) is 0. The van der Waals surface area contributed by atoms with Gasteiger partial charge in [0.2, 0.25) is 0 Å². The maximum absolute atomic E-state index is 5.24. The maximum Gasteiger partial charge on any atom is 0.181 e. The van der Waals surface area contributed by atoms with E-state index >= 15 is 0 Å². The lowest BCUT2D eigenvalue weighted by Gasteiger charge is -1.90. The standard InChI is InChI=1S/C10H9NO.C7H5NO/c1-2-7-10-9(5-1)6-3-4-8-11-12-10;1-2-4-7-6(3-1)8-5-9-7/h1-8,11H;1-5H. The summed E-state index contributed by atoms with van der Waals surface area (Å²) < 4.78 is 10.2. The molecule has 0 amide bonds. The highest BCUT2D eigenvalue weighted by molar-refractivity contribution is 5.75. The van der Waals surface area contributed by atoms with E-state index in [9.17, 15) is 0 Å². The maximum atomic E-state index is 5.24. The first kappa shape index (κ1) is 13.0. The van der Waals surface area contributed by atoms with Crippen molar-refractivity contribution in [1.82, 2.24) is 10.1 Å². The van der Waals surface area contributed by atoms with Crippen LogP contribution in [0.15, 0.2) is 88.3 Å². The highest BCUT2D eigenvalue weighted by atomic mass is 16.5.